The Labute approximate surface area is 199 Å². The number of halogens is 2. The molecule has 3 N–H and O–H groups in total. The average Bonchev–Trinajstić information content (AvgIpc) is 3.53. The van der Waals surface area contributed by atoms with E-state index in [4.69, 9.17) is 4.74 Å². The molecule has 0 radical (unpaired) electrons. The number of para-hydroxylation sites is 1. The Bertz CT molecular complexity index is 982. The lowest BCUT2D eigenvalue weighted by atomic mass is 10.2. The van der Waals surface area contributed by atoms with Crippen LogP contribution in [0.5, 0.6) is 5.75 Å². The zero-order chi connectivity index (χ0) is 21.6. The van der Waals surface area contributed by atoms with Gasteiger partial charge < -0.3 is 15.4 Å². The number of sulfonamides is 1. The minimum atomic E-state index is -3.44. The maximum absolute atomic E-state index is 13.7. The van der Waals surface area contributed by atoms with Gasteiger partial charge in [0.05, 0.1) is 11.4 Å². The van der Waals surface area contributed by atoms with Gasteiger partial charge in [0.1, 0.15) is 6.10 Å². The van der Waals surface area contributed by atoms with Gasteiger partial charge in [0.2, 0.25) is 10.0 Å². The maximum Gasteiger partial charge on any atom is 0.240 e. The third-order valence-corrected chi connectivity index (χ3v) is 6.07. The van der Waals surface area contributed by atoms with Crippen LogP contribution in [-0.2, 0) is 16.6 Å². The first kappa shape index (κ1) is 25.3. The minimum absolute atomic E-state index is 0. The van der Waals surface area contributed by atoms with E-state index in [-0.39, 0.29) is 46.8 Å². The fourth-order valence-electron chi connectivity index (χ4n) is 2.72. The molecule has 31 heavy (non-hydrogen) atoms. The summed E-state index contributed by atoms with van der Waals surface area (Å²) in [5, 5.41) is 6.29. The molecule has 1 aliphatic rings. The van der Waals surface area contributed by atoms with Crippen molar-refractivity contribution in [1.29, 1.82) is 0 Å². The Morgan fingerprint density at radius 1 is 1.16 bits per heavy atom. The second-order valence-corrected chi connectivity index (χ2v) is 8.92. The van der Waals surface area contributed by atoms with Crippen LogP contribution in [0.2, 0.25) is 0 Å². The van der Waals surface area contributed by atoms with E-state index in [1.165, 1.54) is 6.07 Å². The molecule has 1 fully saturated rings. The van der Waals surface area contributed by atoms with Gasteiger partial charge in [0.25, 0.3) is 0 Å². The second kappa shape index (κ2) is 11.6. The summed E-state index contributed by atoms with van der Waals surface area (Å²) in [6.07, 6.45) is 1.53. The first-order chi connectivity index (χ1) is 14.4. The van der Waals surface area contributed by atoms with Crippen molar-refractivity contribution in [2.75, 3.05) is 13.6 Å². The maximum atomic E-state index is 13.7. The van der Waals surface area contributed by atoms with Crippen molar-refractivity contribution in [1.82, 2.24) is 15.4 Å². The Kier molecular flexibility index (Phi) is 9.51. The number of aliphatic imine (C=N–C) groups is 1. The third-order valence-electron chi connectivity index (χ3n) is 4.54. The lowest BCUT2D eigenvalue weighted by molar-refractivity contribution is 0.214. The number of nitrogens with one attached hydrogen (secondary N) is 3. The summed E-state index contributed by atoms with van der Waals surface area (Å²) in [5.74, 6) is 0.372. The Morgan fingerprint density at radius 2 is 1.84 bits per heavy atom. The summed E-state index contributed by atoms with van der Waals surface area (Å²) < 4.78 is 46.4. The van der Waals surface area contributed by atoms with Gasteiger partial charge in [0.15, 0.2) is 17.5 Å². The fourth-order valence-corrected chi connectivity index (χ4v) is 4.03. The Morgan fingerprint density at radius 3 is 2.45 bits per heavy atom. The summed E-state index contributed by atoms with van der Waals surface area (Å²) in [6, 6.07) is 13.1. The SMILES string of the molecule is CN=C(NCc1ccc(S(=O)(=O)NC2CC2)cc1)NCC(C)Oc1ccccc1F.I. The summed E-state index contributed by atoms with van der Waals surface area (Å²) in [5.41, 5.74) is 0.916. The van der Waals surface area contributed by atoms with E-state index in [1.807, 2.05) is 6.92 Å². The van der Waals surface area contributed by atoms with Crippen LogP contribution in [0.4, 0.5) is 4.39 Å². The summed E-state index contributed by atoms with van der Waals surface area (Å²) in [6.45, 7) is 2.73. The van der Waals surface area contributed by atoms with Crippen LogP contribution >= 0.6 is 24.0 Å². The predicted octanol–water partition coefficient (Wildman–Crippen LogP) is 3.02. The van der Waals surface area contributed by atoms with Gasteiger partial charge in [-0.2, -0.15) is 0 Å². The van der Waals surface area contributed by atoms with Crippen molar-refractivity contribution in [3.05, 3.63) is 59.9 Å². The van der Waals surface area contributed by atoms with Crippen LogP contribution in [0.3, 0.4) is 0 Å². The van der Waals surface area contributed by atoms with E-state index < -0.39 is 15.8 Å². The highest BCUT2D eigenvalue weighted by molar-refractivity contribution is 14.0. The molecule has 0 aliphatic heterocycles. The summed E-state index contributed by atoms with van der Waals surface area (Å²) in [4.78, 5) is 4.42. The van der Waals surface area contributed by atoms with E-state index in [0.717, 1.165) is 18.4 Å². The number of benzene rings is 2. The van der Waals surface area contributed by atoms with Crippen LogP contribution in [0.15, 0.2) is 58.4 Å². The van der Waals surface area contributed by atoms with Crippen molar-refractivity contribution < 1.29 is 17.5 Å². The molecule has 2 aromatic rings. The number of guanidine groups is 1. The smallest absolute Gasteiger partial charge is 0.240 e. The van der Waals surface area contributed by atoms with Gasteiger partial charge in [-0.05, 0) is 49.6 Å². The molecule has 2 aromatic carbocycles. The standard InChI is InChI=1S/C21H27FN4O3S.HI/c1-15(29-20-6-4-3-5-19(20)22)13-24-21(23-2)25-14-16-7-11-18(12-8-16)30(27,28)26-17-9-10-17;/h3-8,11-12,15,17,26H,9-10,13-14H2,1-2H3,(H2,23,24,25);1H. The van der Waals surface area contributed by atoms with Crippen LogP contribution in [0.25, 0.3) is 0 Å². The first-order valence-electron chi connectivity index (χ1n) is 9.84. The van der Waals surface area contributed by atoms with Crippen molar-refractivity contribution in [2.24, 2.45) is 4.99 Å². The zero-order valence-corrected chi connectivity index (χ0v) is 20.6. The van der Waals surface area contributed by atoms with Crippen LogP contribution in [-0.4, -0.2) is 40.1 Å². The van der Waals surface area contributed by atoms with E-state index in [9.17, 15) is 12.8 Å². The molecule has 1 unspecified atom stereocenters. The number of hydrogen-bond acceptors (Lipinski definition) is 4. The number of ether oxygens (including phenoxy) is 1. The summed E-state index contributed by atoms with van der Waals surface area (Å²) >= 11 is 0. The molecule has 170 valence electrons. The van der Waals surface area contributed by atoms with Crippen LogP contribution in [0.1, 0.15) is 25.3 Å². The topological polar surface area (TPSA) is 91.8 Å². The lowest BCUT2D eigenvalue weighted by Crippen LogP contribution is -2.41. The zero-order valence-electron chi connectivity index (χ0n) is 17.5. The van der Waals surface area contributed by atoms with Crippen molar-refractivity contribution >= 4 is 40.0 Å². The Balaban J connectivity index is 0.00000341. The van der Waals surface area contributed by atoms with E-state index in [0.29, 0.717) is 19.0 Å². The third kappa shape index (κ3) is 7.93. The largest absolute Gasteiger partial charge is 0.486 e. The summed E-state index contributed by atoms with van der Waals surface area (Å²) in [7, 11) is -1.79. The molecule has 1 saturated carbocycles. The van der Waals surface area contributed by atoms with Crippen molar-refractivity contribution in [3.63, 3.8) is 0 Å². The van der Waals surface area contributed by atoms with Gasteiger partial charge >= 0.3 is 0 Å². The number of hydrogen-bond donors (Lipinski definition) is 3. The van der Waals surface area contributed by atoms with Gasteiger partial charge in [-0.3, -0.25) is 4.99 Å². The van der Waals surface area contributed by atoms with Gasteiger partial charge in [-0.15, -0.1) is 24.0 Å². The molecule has 0 aromatic heterocycles. The number of nitrogens with zero attached hydrogens (tertiary/aromatic N) is 1. The fraction of sp³-hybridized carbons (Fsp3) is 0.381. The van der Waals surface area contributed by atoms with Gasteiger partial charge in [0, 0.05) is 19.6 Å². The number of rotatable bonds is 9. The van der Waals surface area contributed by atoms with E-state index in [2.05, 4.69) is 20.3 Å². The molecule has 0 bridgehead atoms. The molecule has 0 spiro atoms. The van der Waals surface area contributed by atoms with Gasteiger partial charge in [-0.1, -0.05) is 24.3 Å². The molecule has 0 amide bonds. The highest BCUT2D eigenvalue weighted by Gasteiger charge is 2.27. The highest BCUT2D eigenvalue weighted by Crippen LogP contribution is 2.22. The van der Waals surface area contributed by atoms with Crippen LogP contribution < -0.4 is 20.1 Å². The first-order valence-corrected chi connectivity index (χ1v) is 11.3. The molecule has 7 nitrogen and oxygen atoms in total. The van der Waals surface area contributed by atoms with E-state index >= 15 is 0 Å². The molecular weight excluding hydrogens is 534 g/mol. The average molecular weight is 562 g/mol. The van der Waals surface area contributed by atoms with Crippen molar-refractivity contribution in [2.45, 2.75) is 43.4 Å². The molecule has 1 aliphatic carbocycles. The highest BCUT2D eigenvalue weighted by atomic mass is 127. The molecule has 0 heterocycles. The minimum Gasteiger partial charge on any atom is -0.486 e. The van der Waals surface area contributed by atoms with Crippen molar-refractivity contribution in [3.8, 4) is 5.75 Å². The normalized spacial score (nSPS) is 15.0. The molecule has 3 rings (SSSR count). The molecular formula is C21H28FIN4O3S. The second-order valence-electron chi connectivity index (χ2n) is 7.21. The predicted molar refractivity (Wildman–Crippen MR) is 130 cm³/mol. The molecule has 0 saturated heterocycles. The molecule has 1 atom stereocenters. The molecule has 10 heteroatoms. The van der Waals surface area contributed by atoms with E-state index in [1.54, 1.807) is 49.5 Å². The monoisotopic (exact) mass is 562 g/mol. The van der Waals surface area contributed by atoms with Gasteiger partial charge in [-0.25, -0.2) is 17.5 Å². The Hall–Kier alpha value is -1.92. The lowest BCUT2D eigenvalue weighted by Gasteiger charge is -2.18. The van der Waals surface area contributed by atoms with Crippen LogP contribution in [0, 0.1) is 5.82 Å². The quantitative estimate of drug-likeness (QED) is 0.249.